The third-order valence-electron chi connectivity index (χ3n) is 7.05. The zero-order valence-corrected chi connectivity index (χ0v) is 19.6. The molecule has 0 radical (unpaired) electrons. The molecule has 5 aromatic rings. The van der Waals surface area contributed by atoms with E-state index in [1.807, 2.05) is 53.4 Å². The molecule has 1 amide bonds. The summed E-state index contributed by atoms with van der Waals surface area (Å²) in [5.74, 6) is 1.33. The minimum absolute atomic E-state index is 0.0628. The lowest BCUT2D eigenvalue weighted by Gasteiger charge is -2.32. The van der Waals surface area contributed by atoms with E-state index in [2.05, 4.69) is 28.3 Å². The number of aromatic nitrogens is 3. The Morgan fingerprint density at radius 1 is 1.03 bits per heavy atom. The number of piperidine rings is 1. The van der Waals surface area contributed by atoms with Gasteiger partial charge in [0.2, 0.25) is 0 Å². The Bertz CT molecular complexity index is 1520. The van der Waals surface area contributed by atoms with Crippen molar-refractivity contribution in [3.05, 3.63) is 90.4 Å². The highest BCUT2D eigenvalue weighted by Crippen LogP contribution is 2.35. The molecule has 4 heterocycles. The Morgan fingerprint density at radius 3 is 2.69 bits per heavy atom. The van der Waals surface area contributed by atoms with Crippen molar-refractivity contribution in [2.75, 3.05) is 20.2 Å². The van der Waals surface area contributed by atoms with Gasteiger partial charge in [-0.1, -0.05) is 18.2 Å². The topological polar surface area (TPSA) is 71.1 Å². The number of rotatable bonds is 4. The molecule has 1 aliphatic heterocycles. The van der Waals surface area contributed by atoms with Gasteiger partial charge in [-0.05, 0) is 66.8 Å². The Kier molecular flexibility index (Phi) is 5.41. The zero-order chi connectivity index (χ0) is 23.8. The fourth-order valence-corrected chi connectivity index (χ4v) is 5.16. The van der Waals surface area contributed by atoms with Gasteiger partial charge >= 0.3 is 0 Å². The molecule has 0 unspecified atom stereocenters. The summed E-state index contributed by atoms with van der Waals surface area (Å²) in [4.78, 5) is 28.1. The maximum absolute atomic E-state index is 13.7. The van der Waals surface area contributed by atoms with Crippen LogP contribution in [0.5, 0.6) is 5.75 Å². The highest BCUT2D eigenvalue weighted by Gasteiger charge is 2.27. The minimum atomic E-state index is 0.0628. The number of hydrogen-bond donors (Lipinski definition) is 1. The standard InChI is InChI=1S/C29H26N4O2/c1-35-21-8-9-26-23(15-21)25(18-31-26)19-10-13-33(14-11-19)29(34)24-16-28(20-5-4-12-30-17-20)32-27-7-3-2-6-22(24)27/h2-9,12,15-19,31H,10-11,13-14H2,1H3. The van der Waals surface area contributed by atoms with Crippen LogP contribution in [0.1, 0.15) is 34.7 Å². The maximum Gasteiger partial charge on any atom is 0.254 e. The zero-order valence-electron chi connectivity index (χ0n) is 19.6. The second-order valence-corrected chi connectivity index (χ2v) is 9.04. The van der Waals surface area contributed by atoms with Crippen LogP contribution in [0.3, 0.4) is 0 Å². The number of carbonyl (C=O) groups is 1. The van der Waals surface area contributed by atoms with Crippen LogP contribution in [0.25, 0.3) is 33.1 Å². The van der Waals surface area contributed by atoms with Crippen molar-refractivity contribution in [1.29, 1.82) is 0 Å². The molecule has 0 aliphatic carbocycles. The van der Waals surface area contributed by atoms with Crippen molar-refractivity contribution >= 4 is 27.7 Å². The van der Waals surface area contributed by atoms with E-state index in [4.69, 9.17) is 9.72 Å². The van der Waals surface area contributed by atoms with Crippen molar-refractivity contribution < 1.29 is 9.53 Å². The number of benzene rings is 2. The van der Waals surface area contributed by atoms with Gasteiger partial charge in [0.25, 0.3) is 5.91 Å². The van der Waals surface area contributed by atoms with Crippen LogP contribution in [0.4, 0.5) is 0 Å². The number of carbonyl (C=O) groups excluding carboxylic acids is 1. The van der Waals surface area contributed by atoms with Crippen molar-refractivity contribution in [2.45, 2.75) is 18.8 Å². The molecular weight excluding hydrogens is 436 g/mol. The Labute approximate surface area is 203 Å². The van der Waals surface area contributed by atoms with Gasteiger partial charge in [0.05, 0.1) is 23.9 Å². The first kappa shape index (κ1) is 21.4. The van der Waals surface area contributed by atoms with Gasteiger partial charge in [0.15, 0.2) is 0 Å². The molecule has 0 atom stereocenters. The smallest absolute Gasteiger partial charge is 0.254 e. The van der Waals surface area contributed by atoms with E-state index in [0.717, 1.165) is 59.4 Å². The summed E-state index contributed by atoms with van der Waals surface area (Å²) in [6, 6.07) is 19.8. The quantitative estimate of drug-likeness (QED) is 0.366. The number of methoxy groups -OCH3 is 1. The average molecular weight is 463 g/mol. The number of nitrogens with zero attached hydrogens (tertiary/aromatic N) is 3. The SMILES string of the molecule is COc1ccc2[nH]cc(C3CCN(C(=O)c4cc(-c5cccnc5)nc5ccccc45)CC3)c2c1. The van der Waals surface area contributed by atoms with Crippen LogP contribution in [0, 0.1) is 0 Å². The number of hydrogen-bond acceptors (Lipinski definition) is 4. The van der Waals surface area contributed by atoms with Crippen LogP contribution in [-0.4, -0.2) is 46.0 Å². The molecule has 2 aromatic carbocycles. The van der Waals surface area contributed by atoms with Crippen LogP contribution in [0.2, 0.25) is 0 Å². The molecular formula is C29H26N4O2. The normalized spacial score (nSPS) is 14.5. The number of pyridine rings is 2. The first-order chi connectivity index (χ1) is 17.2. The summed E-state index contributed by atoms with van der Waals surface area (Å²) in [7, 11) is 1.69. The predicted molar refractivity (Wildman–Crippen MR) is 138 cm³/mol. The maximum atomic E-state index is 13.7. The Morgan fingerprint density at radius 2 is 1.89 bits per heavy atom. The molecule has 1 fully saturated rings. The third-order valence-corrected chi connectivity index (χ3v) is 7.05. The minimum Gasteiger partial charge on any atom is -0.497 e. The molecule has 35 heavy (non-hydrogen) atoms. The highest BCUT2D eigenvalue weighted by atomic mass is 16.5. The van der Waals surface area contributed by atoms with Gasteiger partial charge in [0.1, 0.15) is 5.75 Å². The number of nitrogens with one attached hydrogen (secondary N) is 1. The van der Waals surface area contributed by atoms with Gasteiger partial charge in [-0.15, -0.1) is 0 Å². The van der Waals surface area contributed by atoms with Crippen molar-refractivity contribution in [3.8, 4) is 17.0 Å². The van der Waals surface area contributed by atoms with Gasteiger partial charge < -0.3 is 14.6 Å². The predicted octanol–water partition coefficient (Wildman–Crippen LogP) is 5.81. The highest BCUT2D eigenvalue weighted by molar-refractivity contribution is 6.07. The molecule has 0 spiro atoms. The summed E-state index contributed by atoms with van der Waals surface area (Å²) in [6.07, 6.45) is 7.49. The summed E-state index contributed by atoms with van der Waals surface area (Å²) in [5, 5.41) is 2.09. The molecule has 1 saturated heterocycles. The lowest BCUT2D eigenvalue weighted by Crippen LogP contribution is -2.38. The van der Waals surface area contributed by atoms with Crippen molar-refractivity contribution in [3.63, 3.8) is 0 Å². The van der Waals surface area contributed by atoms with E-state index >= 15 is 0 Å². The number of amides is 1. The number of ether oxygens (including phenoxy) is 1. The van der Waals surface area contributed by atoms with Crippen molar-refractivity contribution in [2.24, 2.45) is 0 Å². The molecule has 3 aromatic heterocycles. The van der Waals surface area contributed by atoms with Gasteiger partial charge in [-0.2, -0.15) is 0 Å². The summed E-state index contributed by atoms with van der Waals surface area (Å²) in [6.45, 7) is 1.44. The van der Waals surface area contributed by atoms with Crippen LogP contribution in [0.15, 0.2) is 79.3 Å². The number of H-pyrrole nitrogens is 1. The number of para-hydroxylation sites is 1. The largest absolute Gasteiger partial charge is 0.497 e. The first-order valence-corrected chi connectivity index (χ1v) is 12.0. The molecule has 6 heteroatoms. The molecule has 0 bridgehead atoms. The molecule has 6 nitrogen and oxygen atoms in total. The fourth-order valence-electron chi connectivity index (χ4n) is 5.16. The Hall–Kier alpha value is -4.19. The Balaban J connectivity index is 1.27. The van der Waals surface area contributed by atoms with E-state index in [1.165, 1.54) is 10.9 Å². The number of likely N-dealkylation sites (tertiary alicyclic amines) is 1. The second-order valence-electron chi connectivity index (χ2n) is 9.04. The number of fused-ring (bicyclic) bond motifs is 2. The lowest BCUT2D eigenvalue weighted by molar-refractivity contribution is 0.0715. The third kappa shape index (κ3) is 3.91. The van der Waals surface area contributed by atoms with E-state index in [0.29, 0.717) is 11.5 Å². The van der Waals surface area contributed by atoms with E-state index in [1.54, 1.807) is 19.5 Å². The van der Waals surface area contributed by atoms with E-state index in [9.17, 15) is 4.79 Å². The van der Waals surface area contributed by atoms with Crippen LogP contribution < -0.4 is 4.74 Å². The van der Waals surface area contributed by atoms with Crippen molar-refractivity contribution in [1.82, 2.24) is 19.9 Å². The lowest BCUT2D eigenvalue weighted by atomic mass is 9.88. The molecule has 174 valence electrons. The second kappa shape index (κ2) is 8.87. The molecule has 1 aliphatic rings. The summed E-state index contributed by atoms with van der Waals surface area (Å²) < 4.78 is 5.43. The van der Waals surface area contributed by atoms with Crippen LogP contribution >= 0.6 is 0 Å². The number of aromatic amines is 1. The molecule has 1 N–H and O–H groups in total. The van der Waals surface area contributed by atoms with E-state index in [-0.39, 0.29) is 5.91 Å². The van der Waals surface area contributed by atoms with Crippen LogP contribution in [-0.2, 0) is 0 Å². The first-order valence-electron chi connectivity index (χ1n) is 12.0. The van der Waals surface area contributed by atoms with Gasteiger partial charge in [-0.25, -0.2) is 4.98 Å². The van der Waals surface area contributed by atoms with Gasteiger partial charge in [0, 0.05) is 53.5 Å². The summed E-state index contributed by atoms with van der Waals surface area (Å²) in [5.41, 5.74) is 5.61. The summed E-state index contributed by atoms with van der Waals surface area (Å²) >= 11 is 0. The molecule has 0 saturated carbocycles. The monoisotopic (exact) mass is 462 g/mol. The fraction of sp³-hybridized carbons (Fsp3) is 0.207. The van der Waals surface area contributed by atoms with Gasteiger partial charge in [-0.3, -0.25) is 9.78 Å². The average Bonchev–Trinajstić information content (AvgIpc) is 3.36. The molecule has 6 rings (SSSR count). The van der Waals surface area contributed by atoms with E-state index < -0.39 is 0 Å².